The van der Waals surface area contributed by atoms with Crippen LogP contribution in [0.2, 0.25) is 0 Å². The predicted molar refractivity (Wildman–Crippen MR) is 122 cm³/mol. The fourth-order valence-electron chi connectivity index (χ4n) is 5.31. The van der Waals surface area contributed by atoms with Gasteiger partial charge in [-0.1, -0.05) is 43.5 Å². The third kappa shape index (κ3) is 4.97. The van der Waals surface area contributed by atoms with Crippen LogP contribution in [0.4, 0.5) is 0 Å². The maximum atomic E-state index is 12.8. The number of likely N-dealkylation sites (tertiary alicyclic amines) is 1. The number of primary amides is 1. The van der Waals surface area contributed by atoms with Gasteiger partial charge in [0.05, 0.1) is 5.41 Å². The molecule has 1 aromatic carbocycles. The lowest BCUT2D eigenvalue weighted by molar-refractivity contribution is -0.139. The maximum absolute atomic E-state index is 12.8. The smallest absolute Gasteiger partial charge is 0.224 e. The average Bonchev–Trinajstić information content (AvgIpc) is 2.81. The molecule has 0 atom stereocenters. The Labute approximate surface area is 185 Å². The second-order valence-electron chi connectivity index (χ2n) is 9.30. The van der Waals surface area contributed by atoms with Crippen LogP contribution < -0.4 is 5.73 Å². The van der Waals surface area contributed by atoms with Gasteiger partial charge in [-0.25, -0.2) is 0 Å². The molecule has 4 rings (SSSR count). The number of carbonyl (C=O) groups excluding carboxylic acids is 2. The summed E-state index contributed by atoms with van der Waals surface area (Å²) in [5.41, 5.74) is 8.67. The van der Waals surface area contributed by atoms with E-state index >= 15 is 0 Å². The van der Waals surface area contributed by atoms with E-state index in [2.05, 4.69) is 17.1 Å². The van der Waals surface area contributed by atoms with Crippen molar-refractivity contribution in [1.29, 1.82) is 0 Å². The van der Waals surface area contributed by atoms with Crippen molar-refractivity contribution >= 4 is 11.8 Å². The van der Waals surface area contributed by atoms with Crippen LogP contribution in [-0.4, -0.2) is 34.8 Å². The Morgan fingerprint density at radius 2 is 1.68 bits per heavy atom. The van der Waals surface area contributed by atoms with Crippen LogP contribution in [0.25, 0.3) is 11.1 Å². The zero-order valence-corrected chi connectivity index (χ0v) is 18.3. The Bertz CT molecular complexity index is 898. The predicted octanol–water partition coefficient (Wildman–Crippen LogP) is 4.36. The van der Waals surface area contributed by atoms with Crippen LogP contribution in [-0.2, 0) is 16.0 Å². The lowest BCUT2D eigenvalue weighted by atomic mass is 9.72. The summed E-state index contributed by atoms with van der Waals surface area (Å²) in [4.78, 5) is 31.6. The molecule has 0 bridgehead atoms. The van der Waals surface area contributed by atoms with Crippen molar-refractivity contribution in [3.05, 3.63) is 54.4 Å². The topological polar surface area (TPSA) is 76.3 Å². The quantitative estimate of drug-likeness (QED) is 0.756. The number of piperidine rings is 1. The van der Waals surface area contributed by atoms with E-state index in [4.69, 9.17) is 5.73 Å². The van der Waals surface area contributed by atoms with Gasteiger partial charge in [0.15, 0.2) is 0 Å². The number of aromatic nitrogens is 1. The first-order chi connectivity index (χ1) is 15.1. The molecule has 5 nitrogen and oxygen atoms in total. The third-order valence-electron chi connectivity index (χ3n) is 7.32. The number of nitrogens with two attached hydrogens (primary N) is 1. The Balaban J connectivity index is 1.46. The van der Waals surface area contributed by atoms with Gasteiger partial charge in [0.2, 0.25) is 11.8 Å². The van der Waals surface area contributed by atoms with E-state index < -0.39 is 5.41 Å². The molecule has 2 N–H and O–H groups in total. The van der Waals surface area contributed by atoms with Crippen LogP contribution in [0.1, 0.15) is 56.9 Å². The van der Waals surface area contributed by atoms with Gasteiger partial charge in [-0.05, 0) is 66.8 Å². The van der Waals surface area contributed by atoms with Crippen molar-refractivity contribution in [3.63, 3.8) is 0 Å². The summed E-state index contributed by atoms with van der Waals surface area (Å²) in [5, 5.41) is 0. The molecule has 1 aliphatic carbocycles. The summed E-state index contributed by atoms with van der Waals surface area (Å²) in [6.07, 6.45) is 12.2. The van der Waals surface area contributed by atoms with Crippen LogP contribution in [0, 0.1) is 11.3 Å². The van der Waals surface area contributed by atoms with Gasteiger partial charge < -0.3 is 10.6 Å². The molecule has 2 amide bonds. The highest BCUT2D eigenvalue weighted by molar-refractivity contribution is 5.83. The summed E-state index contributed by atoms with van der Waals surface area (Å²) in [5.74, 6) is 0.537. The molecule has 2 fully saturated rings. The van der Waals surface area contributed by atoms with Gasteiger partial charge in [0, 0.05) is 31.9 Å². The summed E-state index contributed by atoms with van der Waals surface area (Å²) in [6, 6.07) is 12.2. The second-order valence-corrected chi connectivity index (χ2v) is 9.30. The van der Waals surface area contributed by atoms with Crippen molar-refractivity contribution in [3.8, 4) is 11.1 Å². The number of benzene rings is 1. The molecule has 0 spiro atoms. The molecule has 0 radical (unpaired) electrons. The van der Waals surface area contributed by atoms with Gasteiger partial charge in [-0.2, -0.15) is 0 Å². The van der Waals surface area contributed by atoms with Crippen molar-refractivity contribution in [2.45, 2.75) is 57.8 Å². The number of pyridine rings is 1. The molecular formula is C26H33N3O2. The fraction of sp³-hybridized carbons (Fsp3) is 0.500. The largest absolute Gasteiger partial charge is 0.369 e. The second kappa shape index (κ2) is 9.63. The van der Waals surface area contributed by atoms with Crippen molar-refractivity contribution in [1.82, 2.24) is 9.88 Å². The Morgan fingerprint density at radius 3 is 2.35 bits per heavy atom. The molecule has 31 heavy (non-hydrogen) atoms. The van der Waals surface area contributed by atoms with E-state index in [1.54, 1.807) is 12.4 Å². The highest BCUT2D eigenvalue weighted by Gasteiger charge is 2.41. The highest BCUT2D eigenvalue weighted by Crippen LogP contribution is 2.38. The van der Waals surface area contributed by atoms with E-state index in [1.165, 1.54) is 32.1 Å². The molecular weight excluding hydrogens is 386 g/mol. The molecule has 0 unspecified atom stereocenters. The summed E-state index contributed by atoms with van der Waals surface area (Å²) >= 11 is 0. The third-order valence-corrected chi connectivity index (χ3v) is 7.32. The van der Waals surface area contributed by atoms with E-state index in [0.29, 0.717) is 44.7 Å². The van der Waals surface area contributed by atoms with Crippen LogP contribution >= 0.6 is 0 Å². The first kappa shape index (κ1) is 21.5. The Hall–Kier alpha value is -2.69. The van der Waals surface area contributed by atoms with E-state index in [-0.39, 0.29) is 11.8 Å². The minimum Gasteiger partial charge on any atom is -0.369 e. The SMILES string of the molecule is NC(=O)C1(Cc2ccccc2-c2ccncc2)CCN(C(=O)CC2CCCCC2)CC1. The van der Waals surface area contributed by atoms with Gasteiger partial charge in [0.1, 0.15) is 0 Å². The summed E-state index contributed by atoms with van der Waals surface area (Å²) < 4.78 is 0. The van der Waals surface area contributed by atoms with Crippen LogP contribution in [0.5, 0.6) is 0 Å². The lowest BCUT2D eigenvalue weighted by Crippen LogP contribution is -2.50. The molecule has 2 heterocycles. The van der Waals surface area contributed by atoms with E-state index in [1.807, 2.05) is 29.2 Å². The number of amides is 2. The minimum absolute atomic E-state index is 0.252. The number of hydrogen-bond donors (Lipinski definition) is 1. The molecule has 1 saturated carbocycles. The summed E-state index contributed by atoms with van der Waals surface area (Å²) in [7, 11) is 0. The molecule has 2 aromatic rings. The van der Waals surface area contributed by atoms with E-state index in [9.17, 15) is 9.59 Å². The van der Waals surface area contributed by atoms with Gasteiger partial charge in [-0.3, -0.25) is 14.6 Å². The van der Waals surface area contributed by atoms with Gasteiger partial charge in [-0.15, -0.1) is 0 Å². The van der Waals surface area contributed by atoms with Crippen molar-refractivity contribution < 1.29 is 9.59 Å². The van der Waals surface area contributed by atoms with Gasteiger partial charge in [0.25, 0.3) is 0 Å². The number of rotatable bonds is 6. The number of nitrogens with zero attached hydrogens (tertiary/aromatic N) is 2. The molecule has 1 aliphatic heterocycles. The molecule has 5 heteroatoms. The standard InChI is InChI=1S/C26H33N3O2/c27-25(31)26(19-22-8-4-5-9-23(22)21-10-14-28-15-11-21)12-16-29(17-13-26)24(30)18-20-6-2-1-3-7-20/h4-5,8-11,14-15,20H,1-3,6-7,12-13,16-19H2,(H2,27,31). The van der Waals surface area contributed by atoms with Crippen molar-refractivity contribution in [2.24, 2.45) is 17.1 Å². The zero-order chi connectivity index (χ0) is 21.7. The minimum atomic E-state index is -0.606. The van der Waals surface area contributed by atoms with Crippen LogP contribution in [0.3, 0.4) is 0 Å². The van der Waals surface area contributed by atoms with Gasteiger partial charge >= 0.3 is 0 Å². The number of carbonyl (C=O) groups is 2. The molecule has 164 valence electrons. The lowest BCUT2D eigenvalue weighted by Gasteiger charge is -2.40. The summed E-state index contributed by atoms with van der Waals surface area (Å²) in [6.45, 7) is 1.23. The first-order valence-electron chi connectivity index (χ1n) is 11.6. The fourth-order valence-corrected chi connectivity index (χ4v) is 5.31. The number of hydrogen-bond acceptors (Lipinski definition) is 3. The van der Waals surface area contributed by atoms with Crippen LogP contribution in [0.15, 0.2) is 48.8 Å². The van der Waals surface area contributed by atoms with E-state index in [0.717, 1.165) is 16.7 Å². The molecule has 2 aliphatic rings. The highest BCUT2D eigenvalue weighted by atomic mass is 16.2. The molecule has 1 aromatic heterocycles. The average molecular weight is 420 g/mol. The molecule has 1 saturated heterocycles. The van der Waals surface area contributed by atoms with Crippen molar-refractivity contribution in [2.75, 3.05) is 13.1 Å². The Kier molecular flexibility index (Phi) is 6.69. The normalized spacial score (nSPS) is 19.2. The first-order valence-corrected chi connectivity index (χ1v) is 11.6. The zero-order valence-electron chi connectivity index (χ0n) is 18.3. The monoisotopic (exact) mass is 419 g/mol. The Morgan fingerprint density at radius 1 is 1.00 bits per heavy atom. The maximum Gasteiger partial charge on any atom is 0.224 e.